The van der Waals surface area contributed by atoms with Crippen LogP contribution in [0.4, 0.5) is 0 Å². The molecule has 0 fully saturated rings. The maximum Gasteiger partial charge on any atom is 0.311 e. The fourth-order valence-corrected chi connectivity index (χ4v) is 2.94. The van der Waals surface area contributed by atoms with Crippen molar-refractivity contribution in [1.29, 1.82) is 0 Å². The van der Waals surface area contributed by atoms with Gasteiger partial charge in [-0.05, 0) is 16.8 Å². The van der Waals surface area contributed by atoms with Gasteiger partial charge in [-0.2, -0.15) is 0 Å². The number of aryl methyl sites for hydroxylation is 1. The lowest BCUT2D eigenvalue weighted by atomic mass is 10.0. The standard InChI is InChI=1S/C18H34N4O2/c1-2-3-4-5-6-7-8-9-10-11-12-13-14-15-22-17(16-18(23)24)19-20-21-22/h2-16H2,1H3,(H,23,24). The molecule has 0 aliphatic carbocycles. The molecule has 1 aromatic rings. The molecule has 0 atom stereocenters. The van der Waals surface area contributed by atoms with Crippen molar-refractivity contribution in [3.63, 3.8) is 0 Å². The van der Waals surface area contributed by atoms with E-state index in [-0.39, 0.29) is 6.42 Å². The zero-order chi connectivity index (χ0) is 17.5. The van der Waals surface area contributed by atoms with Crippen LogP contribution in [0.1, 0.15) is 96.2 Å². The molecule has 1 rings (SSSR count). The number of carboxylic acid groups (broad SMARTS) is 1. The molecule has 1 heterocycles. The van der Waals surface area contributed by atoms with Crippen molar-refractivity contribution in [2.45, 2.75) is 103 Å². The number of carbonyl (C=O) groups is 1. The summed E-state index contributed by atoms with van der Waals surface area (Å²) in [6.07, 6.45) is 17.0. The minimum Gasteiger partial charge on any atom is -0.481 e. The second-order valence-corrected chi connectivity index (χ2v) is 6.63. The van der Waals surface area contributed by atoms with Gasteiger partial charge in [0.1, 0.15) is 6.42 Å². The lowest BCUT2D eigenvalue weighted by Crippen LogP contribution is -2.10. The number of carboxylic acids is 1. The number of tetrazole rings is 1. The third-order valence-electron chi connectivity index (χ3n) is 4.39. The van der Waals surface area contributed by atoms with Crippen LogP contribution in [0.15, 0.2) is 0 Å². The van der Waals surface area contributed by atoms with Crippen LogP contribution >= 0.6 is 0 Å². The van der Waals surface area contributed by atoms with E-state index in [4.69, 9.17) is 5.11 Å². The maximum atomic E-state index is 10.7. The SMILES string of the molecule is CCCCCCCCCCCCCCCn1nnnc1CC(=O)O. The molecule has 0 bridgehead atoms. The van der Waals surface area contributed by atoms with Crippen LogP contribution in [0, 0.1) is 0 Å². The summed E-state index contributed by atoms with van der Waals surface area (Å²) in [6, 6.07) is 0. The van der Waals surface area contributed by atoms with Gasteiger partial charge in [0, 0.05) is 6.54 Å². The molecule has 6 nitrogen and oxygen atoms in total. The van der Waals surface area contributed by atoms with Crippen LogP contribution in [-0.4, -0.2) is 31.3 Å². The van der Waals surface area contributed by atoms with Crippen molar-refractivity contribution in [3.05, 3.63) is 5.82 Å². The first-order chi connectivity index (χ1) is 11.7. The number of aliphatic carboxylic acids is 1. The lowest BCUT2D eigenvalue weighted by molar-refractivity contribution is -0.136. The van der Waals surface area contributed by atoms with Gasteiger partial charge < -0.3 is 5.11 Å². The Morgan fingerprint density at radius 2 is 1.38 bits per heavy atom. The normalized spacial score (nSPS) is 11.0. The van der Waals surface area contributed by atoms with Crippen molar-refractivity contribution in [2.24, 2.45) is 0 Å². The second-order valence-electron chi connectivity index (χ2n) is 6.63. The van der Waals surface area contributed by atoms with Crippen molar-refractivity contribution in [2.75, 3.05) is 0 Å². The van der Waals surface area contributed by atoms with E-state index < -0.39 is 5.97 Å². The molecule has 0 aliphatic heterocycles. The number of hydrogen-bond donors (Lipinski definition) is 1. The van der Waals surface area contributed by atoms with Gasteiger partial charge in [-0.3, -0.25) is 4.79 Å². The van der Waals surface area contributed by atoms with Crippen molar-refractivity contribution < 1.29 is 9.90 Å². The third kappa shape index (κ3) is 10.3. The molecule has 0 saturated carbocycles. The van der Waals surface area contributed by atoms with Gasteiger partial charge in [-0.25, -0.2) is 4.68 Å². The van der Waals surface area contributed by atoms with Crippen LogP contribution < -0.4 is 0 Å². The van der Waals surface area contributed by atoms with Gasteiger partial charge in [0.25, 0.3) is 0 Å². The summed E-state index contributed by atoms with van der Waals surface area (Å²) < 4.78 is 1.62. The monoisotopic (exact) mass is 338 g/mol. The molecule has 0 radical (unpaired) electrons. The van der Waals surface area contributed by atoms with Crippen molar-refractivity contribution >= 4 is 5.97 Å². The Hall–Kier alpha value is -1.46. The summed E-state index contributed by atoms with van der Waals surface area (Å²) in [5, 5.41) is 20.0. The summed E-state index contributed by atoms with van der Waals surface area (Å²) in [5.41, 5.74) is 0. The van der Waals surface area contributed by atoms with Gasteiger partial charge in [0.05, 0.1) is 0 Å². The number of unbranched alkanes of at least 4 members (excludes halogenated alkanes) is 12. The lowest BCUT2D eigenvalue weighted by Gasteiger charge is -2.04. The third-order valence-corrected chi connectivity index (χ3v) is 4.39. The Labute approximate surface area is 146 Å². The zero-order valence-electron chi connectivity index (χ0n) is 15.3. The summed E-state index contributed by atoms with van der Waals surface area (Å²) in [6.45, 7) is 2.98. The van der Waals surface area contributed by atoms with E-state index in [1.165, 1.54) is 70.6 Å². The average Bonchev–Trinajstić information content (AvgIpc) is 2.98. The Morgan fingerprint density at radius 1 is 0.875 bits per heavy atom. The van der Waals surface area contributed by atoms with Crippen LogP contribution in [0.3, 0.4) is 0 Å². The molecule has 138 valence electrons. The van der Waals surface area contributed by atoms with E-state index >= 15 is 0 Å². The van der Waals surface area contributed by atoms with Crippen LogP contribution in [0.25, 0.3) is 0 Å². The fourth-order valence-electron chi connectivity index (χ4n) is 2.94. The van der Waals surface area contributed by atoms with E-state index in [0.717, 1.165) is 12.8 Å². The van der Waals surface area contributed by atoms with Crippen LogP contribution in [-0.2, 0) is 17.8 Å². The van der Waals surface area contributed by atoms with Gasteiger partial charge in [0.2, 0.25) is 0 Å². The number of hydrogen-bond acceptors (Lipinski definition) is 4. The van der Waals surface area contributed by atoms with Gasteiger partial charge in [-0.15, -0.1) is 5.10 Å². The highest BCUT2D eigenvalue weighted by molar-refractivity contribution is 5.68. The molecule has 24 heavy (non-hydrogen) atoms. The van der Waals surface area contributed by atoms with Gasteiger partial charge >= 0.3 is 5.97 Å². The molecule has 1 N–H and O–H groups in total. The largest absolute Gasteiger partial charge is 0.481 e. The van der Waals surface area contributed by atoms with Crippen molar-refractivity contribution in [3.8, 4) is 0 Å². The van der Waals surface area contributed by atoms with Gasteiger partial charge in [0.15, 0.2) is 5.82 Å². The highest BCUT2D eigenvalue weighted by Gasteiger charge is 2.09. The Morgan fingerprint density at radius 3 is 1.88 bits per heavy atom. The predicted octanol–water partition coefficient (Wildman–Crippen LogP) is 4.39. The molecule has 0 aliphatic rings. The molecule has 0 amide bonds. The maximum absolute atomic E-state index is 10.7. The topological polar surface area (TPSA) is 80.9 Å². The average molecular weight is 338 g/mol. The Bertz CT molecular complexity index is 434. The highest BCUT2D eigenvalue weighted by atomic mass is 16.4. The Balaban J connectivity index is 1.89. The first kappa shape index (κ1) is 20.6. The molecule has 1 aromatic heterocycles. The van der Waals surface area contributed by atoms with E-state index in [2.05, 4.69) is 22.4 Å². The summed E-state index contributed by atoms with van der Waals surface area (Å²) in [5.74, 6) is -0.446. The first-order valence-electron chi connectivity index (χ1n) is 9.71. The minimum atomic E-state index is -0.892. The molecular weight excluding hydrogens is 304 g/mol. The predicted molar refractivity (Wildman–Crippen MR) is 94.9 cm³/mol. The molecule has 0 spiro atoms. The summed E-state index contributed by atoms with van der Waals surface area (Å²) in [7, 11) is 0. The second kappa shape index (κ2) is 13.9. The highest BCUT2D eigenvalue weighted by Crippen LogP contribution is 2.12. The number of rotatable bonds is 16. The molecule has 6 heteroatoms. The molecule has 0 aromatic carbocycles. The molecule has 0 saturated heterocycles. The smallest absolute Gasteiger partial charge is 0.311 e. The summed E-state index contributed by atoms with van der Waals surface area (Å²) >= 11 is 0. The zero-order valence-corrected chi connectivity index (χ0v) is 15.3. The van der Waals surface area contributed by atoms with Crippen LogP contribution in [0.5, 0.6) is 0 Å². The van der Waals surface area contributed by atoms with Crippen molar-refractivity contribution in [1.82, 2.24) is 20.2 Å². The van der Waals surface area contributed by atoms with E-state index in [9.17, 15) is 4.79 Å². The van der Waals surface area contributed by atoms with E-state index in [1.807, 2.05) is 0 Å². The summed E-state index contributed by atoms with van der Waals surface area (Å²) in [4.78, 5) is 10.7. The Kier molecular flexibility index (Phi) is 11.9. The fraction of sp³-hybridized carbons (Fsp3) is 0.889. The minimum absolute atomic E-state index is 0.106. The number of nitrogens with zero attached hydrogens (tertiary/aromatic N) is 4. The molecular formula is C18H34N4O2. The first-order valence-corrected chi connectivity index (χ1v) is 9.71. The number of aromatic nitrogens is 4. The van der Waals surface area contributed by atoms with Gasteiger partial charge in [-0.1, -0.05) is 84.0 Å². The quantitative estimate of drug-likeness (QED) is 0.452. The van der Waals surface area contributed by atoms with E-state index in [0.29, 0.717) is 12.4 Å². The van der Waals surface area contributed by atoms with E-state index in [1.54, 1.807) is 4.68 Å². The molecule has 0 unspecified atom stereocenters. The van der Waals surface area contributed by atoms with Crippen LogP contribution in [0.2, 0.25) is 0 Å².